The number of H-pyrrole nitrogens is 1. The molecule has 33 heavy (non-hydrogen) atoms. The number of fused-ring (bicyclic) bond motifs is 1. The fourth-order valence-corrected chi connectivity index (χ4v) is 5.39. The number of ether oxygens (including phenoxy) is 2. The van der Waals surface area contributed by atoms with E-state index in [1.807, 2.05) is 7.05 Å². The summed E-state index contributed by atoms with van der Waals surface area (Å²) in [5.41, 5.74) is 0.555. The number of halogens is 3. The first-order valence-electron chi connectivity index (χ1n) is 10.3. The van der Waals surface area contributed by atoms with Crippen LogP contribution in [0.25, 0.3) is 10.9 Å². The molecular formula is C22H24F3N3O4S. The van der Waals surface area contributed by atoms with Crippen LogP contribution in [0.2, 0.25) is 0 Å². The first kappa shape index (κ1) is 23.2. The molecule has 1 aromatic heterocycles. The van der Waals surface area contributed by atoms with E-state index < -0.39 is 21.9 Å². The molecular weight excluding hydrogens is 459 g/mol. The number of nitrogens with zero attached hydrogens (tertiary/aromatic N) is 1. The summed E-state index contributed by atoms with van der Waals surface area (Å²) < 4.78 is 75.0. The Kier molecular flexibility index (Phi) is 6.19. The maximum Gasteiger partial charge on any atom is 0.573 e. The van der Waals surface area contributed by atoms with Gasteiger partial charge in [-0.15, -0.1) is 13.2 Å². The normalized spacial score (nSPS) is 16.2. The standard InChI is InChI=1S/C22H24F3N3O4S/c1-28-9-7-14(8-10-28)27-19-12-16(4-6-20(19)32-22(23,24)25)33(29,30)21-13-26-18-11-15(31-2)3-5-17(18)21/h3-6,11-14,26-27H,7-10H2,1-2H3. The maximum atomic E-state index is 13.4. The van der Waals surface area contributed by atoms with E-state index in [2.05, 4.69) is 19.9 Å². The Bertz CT molecular complexity index is 1250. The molecule has 0 radical (unpaired) electrons. The zero-order chi connectivity index (χ0) is 23.8. The van der Waals surface area contributed by atoms with Gasteiger partial charge in [0.05, 0.1) is 28.1 Å². The highest BCUT2D eigenvalue weighted by Crippen LogP contribution is 2.37. The second-order valence-electron chi connectivity index (χ2n) is 8.00. The van der Waals surface area contributed by atoms with Gasteiger partial charge < -0.3 is 24.7 Å². The van der Waals surface area contributed by atoms with E-state index in [9.17, 15) is 21.6 Å². The van der Waals surface area contributed by atoms with E-state index in [0.29, 0.717) is 29.5 Å². The number of aromatic nitrogens is 1. The van der Waals surface area contributed by atoms with Gasteiger partial charge in [0.25, 0.3) is 0 Å². The van der Waals surface area contributed by atoms with Crippen molar-refractivity contribution in [2.24, 2.45) is 0 Å². The van der Waals surface area contributed by atoms with Crippen LogP contribution < -0.4 is 14.8 Å². The lowest BCUT2D eigenvalue weighted by atomic mass is 10.1. The Morgan fingerprint density at radius 3 is 2.52 bits per heavy atom. The van der Waals surface area contributed by atoms with Crippen molar-refractivity contribution in [2.75, 3.05) is 32.6 Å². The van der Waals surface area contributed by atoms with Crippen molar-refractivity contribution in [1.29, 1.82) is 0 Å². The molecule has 0 amide bonds. The van der Waals surface area contributed by atoms with E-state index in [0.717, 1.165) is 25.2 Å². The van der Waals surface area contributed by atoms with Crippen LogP contribution in [0.5, 0.6) is 11.5 Å². The lowest BCUT2D eigenvalue weighted by Crippen LogP contribution is -2.36. The van der Waals surface area contributed by atoms with Crippen molar-refractivity contribution in [3.05, 3.63) is 42.6 Å². The Hall–Kier alpha value is -2.92. The van der Waals surface area contributed by atoms with Crippen molar-refractivity contribution in [3.63, 3.8) is 0 Å². The third kappa shape index (κ3) is 5.03. The zero-order valence-corrected chi connectivity index (χ0v) is 18.9. The summed E-state index contributed by atoms with van der Waals surface area (Å²) >= 11 is 0. The summed E-state index contributed by atoms with van der Waals surface area (Å²) in [5, 5.41) is 3.52. The number of benzene rings is 2. The number of rotatable bonds is 6. The van der Waals surface area contributed by atoms with Gasteiger partial charge in [-0.2, -0.15) is 0 Å². The van der Waals surface area contributed by atoms with Crippen molar-refractivity contribution in [2.45, 2.75) is 35.0 Å². The first-order valence-corrected chi connectivity index (χ1v) is 11.8. The highest BCUT2D eigenvalue weighted by molar-refractivity contribution is 7.91. The Balaban J connectivity index is 1.72. The Morgan fingerprint density at radius 1 is 1.12 bits per heavy atom. The van der Waals surface area contributed by atoms with Gasteiger partial charge in [-0.25, -0.2) is 8.42 Å². The molecule has 3 aromatic rings. The number of hydrogen-bond donors (Lipinski definition) is 2. The molecule has 7 nitrogen and oxygen atoms in total. The van der Waals surface area contributed by atoms with Crippen LogP contribution in [0.15, 0.2) is 52.4 Å². The Morgan fingerprint density at radius 2 is 1.85 bits per heavy atom. The smallest absolute Gasteiger partial charge is 0.497 e. The van der Waals surface area contributed by atoms with Gasteiger partial charge in [0.1, 0.15) is 5.75 Å². The topological polar surface area (TPSA) is 83.7 Å². The average molecular weight is 484 g/mol. The minimum absolute atomic E-state index is 0.00976. The quantitative estimate of drug-likeness (QED) is 0.540. The van der Waals surface area contributed by atoms with E-state index in [1.165, 1.54) is 19.4 Å². The fraction of sp³-hybridized carbons (Fsp3) is 0.364. The molecule has 0 unspecified atom stereocenters. The van der Waals surface area contributed by atoms with Gasteiger partial charge in [-0.1, -0.05) is 0 Å². The molecule has 2 N–H and O–H groups in total. The summed E-state index contributed by atoms with van der Waals surface area (Å²) in [6.45, 7) is 1.56. The largest absolute Gasteiger partial charge is 0.573 e. The number of methoxy groups -OCH3 is 1. The van der Waals surface area contributed by atoms with E-state index in [4.69, 9.17) is 4.74 Å². The van der Waals surface area contributed by atoms with Crippen LogP contribution >= 0.6 is 0 Å². The molecule has 178 valence electrons. The van der Waals surface area contributed by atoms with Crippen LogP contribution in [0.3, 0.4) is 0 Å². The lowest BCUT2D eigenvalue weighted by molar-refractivity contribution is -0.274. The fourth-order valence-electron chi connectivity index (χ4n) is 3.93. The van der Waals surface area contributed by atoms with Gasteiger partial charge in [0, 0.05) is 23.7 Å². The number of aromatic amines is 1. The monoisotopic (exact) mass is 483 g/mol. The Labute approximate surface area is 189 Å². The molecule has 0 bridgehead atoms. The van der Waals surface area contributed by atoms with Gasteiger partial charge in [0.2, 0.25) is 9.84 Å². The number of sulfone groups is 1. The van der Waals surface area contributed by atoms with Gasteiger partial charge in [0.15, 0.2) is 5.75 Å². The predicted molar refractivity (Wildman–Crippen MR) is 118 cm³/mol. The van der Waals surface area contributed by atoms with Crippen molar-refractivity contribution in [3.8, 4) is 11.5 Å². The van der Waals surface area contributed by atoms with Crippen molar-refractivity contribution < 1.29 is 31.1 Å². The van der Waals surface area contributed by atoms with Crippen LogP contribution in [0, 0.1) is 0 Å². The second kappa shape index (κ2) is 8.79. The molecule has 1 saturated heterocycles. The first-order chi connectivity index (χ1) is 15.6. The summed E-state index contributed by atoms with van der Waals surface area (Å²) in [4.78, 5) is 4.92. The summed E-state index contributed by atoms with van der Waals surface area (Å²) in [6.07, 6.45) is -2.12. The van der Waals surface area contributed by atoms with E-state index in [-0.39, 0.29) is 21.5 Å². The predicted octanol–water partition coefficient (Wildman–Crippen LogP) is 4.41. The van der Waals surface area contributed by atoms with Crippen LogP contribution in [0.4, 0.5) is 18.9 Å². The molecule has 2 aromatic carbocycles. The lowest BCUT2D eigenvalue weighted by Gasteiger charge is -2.30. The molecule has 2 heterocycles. The van der Waals surface area contributed by atoms with Crippen molar-refractivity contribution >= 4 is 26.4 Å². The van der Waals surface area contributed by atoms with Crippen molar-refractivity contribution in [1.82, 2.24) is 9.88 Å². The minimum atomic E-state index is -4.90. The number of anilines is 1. The average Bonchev–Trinajstić information content (AvgIpc) is 3.19. The second-order valence-corrected chi connectivity index (χ2v) is 9.91. The molecule has 1 aliphatic heterocycles. The van der Waals surface area contributed by atoms with Crippen LogP contribution in [-0.2, 0) is 9.84 Å². The summed E-state index contributed by atoms with van der Waals surface area (Å²) in [6, 6.07) is 8.20. The third-order valence-corrected chi connectivity index (χ3v) is 7.50. The molecule has 0 spiro atoms. The summed E-state index contributed by atoms with van der Waals surface area (Å²) in [5.74, 6) is 0.0932. The molecule has 1 fully saturated rings. The molecule has 4 rings (SSSR count). The number of likely N-dealkylation sites (tertiary alicyclic amines) is 1. The SMILES string of the molecule is COc1ccc2c(S(=O)(=O)c3ccc(OC(F)(F)F)c(NC4CCN(C)CC4)c3)c[nH]c2c1. The van der Waals surface area contributed by atoms with Gasteiger partial charge in [-0.05, 0) is 63.3 Å². The van der Waals surface area contributed by atoms with Gasteiger partial charge in [-0.3, -0.25) is 0 Å². The van der Waals surface area contributed by atoms with Crippen LogP contribution in [-0.4, -0.2) is 58.0 Å². The molecule has 0 saturated carbocycles. The van der Waals surface area contributed by atoms with E-state index >= 15 is 0 Å². The molecule has 11 heteroatoms. The molecule has 1 aliphatic rings. The minimum Gasteiger partial charge on any atom is -0.497 e. The molecule has 0 aliphatic carbocycles. The summed E-state index contributed by atoms with van der Waals surface area (Å²) in [7, 11) is -0.556. The zero-order valence-electron chi connectivity index (χ0n) is 18.1. The number of nitrogens with one attached hydrogen (secondary N) is 2. The number of piperidine rings is 1. The van der Waals surface area contributed by atoms with E-state index in [1.54, 1.807) is 18.2 Å². The highest BCUT2D eigenvalue weighted by Gasteiger charge is 2.33. The number of alkyl halides is 3. The highest BCUT2D eigenvalue weighted by atomic mass is 32.2. The maximum absolute atomic E-state index is 13.4. The third-order valence-electron chi connectivity index (χ3n) is 5.71. The molecule has 0 atom stereocenters. The van der Waals surface area contributed by atoms with Crippen LogP contribution in [0.1, 0.15) is 12.8 Å². The van der Waals surface area contributed by atoms with Gasteiger partial charge >= 0.3 is 6.36 Å². The number of hydrogen-bond acceptors (Lipinski definition) is 6.